The van der Waals surface area contributed by atoms with Crippen LogP contribution in [0, 0.1) is 11.6 Å². The molecule has 0 saturated carbocycles. The second-order valence-electron chi connectivity index (χ2n) is 17.3. The van der Waals surface area contributed by atoms with Crippen molar-refractivity contribution in [2.24, 2.45) is 0 Å². The number of amides is 2. The molecule has 0 fully saturated rings. The van der Waals surface area contributed by atoms with E-state index in [-0.39, 0.29) is 93.3 Å². The van der Waals surface area contributed by atoms with E-state index >= 15 is 0 Å². The Morgan fingerprint density at radius 2 is 0.939 bits per heavy atom. The van der Waals surface area contributed by atoms with Crippen molar-refractivity contribution >= 4 is 85.6 Å². The van der Waals surface area contributed by atoms with Crippen molar-refractivity contribution < 1.29 is 129 Å². The van der Waals surface area contributed by atoms with E-state index in [1.165, 1.54) is 94.6 Å². The Kier molecular flexibility index (Phi) is 21.2. The van der Waals surface area contributed by atoms with Gasteiger partial charge >= 0.3 is 37.4 Å². The first-order valence-corrected chi connectivity index (χ1v) is 25.8. The second kappa shape index (κ2) is 26.6. The Balaban J connectivity index is 0.000000293. The molecule has 0 aliphatic carbocycles. The minimum absolute atomic E-state index is 0. The van der Waals surface area contributed by atoms with Crippen molar-refractivity contribution in [1.29, 1.82) is 0 Å². The zero-order valence-electron chi connectivity index (χ0n) is 45.3. The minimum atomic E-state index is -5.41. The summed E-state index contributed by atoms with van der Waals surface area (Å²) in [6, 6.07) is 12.2. The van der Waals surface area contributed by atoms with Gasteiger partial charge in [-0.3, -0.25) is 23.9 Å². The Morgan fingerprint density at radius 1 is 0.585 bits per heavy atom. The smallest absolute Gasteiger partial charge is 0.870 e. The van der Waals surface area contributed by atoms with E-state index in [1.807, 2.05) is 0 Å². The summed E-state index contributed by atoms with van der Waals surface area (Å²) >= 11 is 0. The molecule has 0 spiro atoms. The van der Waals surface area contributed by atoms with Gasteiger partial charge in [0.2, 0.25) is 23.4 Å². The maximum Gasteiger partial charge on any atom is 1.00 e. The number of nitrogens with zero attached hydrogens (tertiary/aromatic N) is 8. The average Bonchev–Trinajstić information content (AvgIpc) is 3.40. The molecule has 4 aromatic heterocycles. The van der Waals surface area contributed by atoms with Gasteiger partial charge in [-0.15, -0.1) is 0 Å². The van der Waals surface area contributed by atoms with E-state index in [1.54, 1.807) is 24.3 Å². The van der Waals surface area contributed by atoms with Gasteiger partial charge in [0.15, 0.2) is 80.6 Å². The van der Waals surface area contributed by atoms with E-state index in [0.717, 1.165) is 22.2 Å². The van der Waals surface area contributed by atoms with Crippen LogP contribution in [0.1, 0.15) is 27.7 Å². The fourth-order valence-corrected chi connectivity index (χ4v) is 7.90. The molecule has 0 radical (unpaired) electrons. The molecule has 31 nitrogen and oxygen atoms in total. The Bertz CT molecular complexity index is 3150. The van der Waals surface area contributed by atoms with Gasteiger partial charge in [0.05, 0.1) is 62.9 Å². The largest absolute Gasteiger partial charge is 1.00 e. The first-order valence-electron chi connectivity index (χ1n) is 22.8. The fraction of sp³-hybridized carbons (Fsp3) is 0.304. The molecule has 2 amide bonds. The first kappa shape index (κ1) is 65.3. The number of methoxy groups -OCH3 is 6. The van der Waals surface area contributed by atoms with Crippen molar-refractivity contribution in [3.05, 3.63) is 72.6 Å². The summed E-state index contributed by atoms with van der Waals surface area (Å²) in [7, 11) is -1.56. The number of carbonyl (C=O) groups excluding carboxylic acids is 2. The molecule has 82 heavy (non-hydrogen) atoms. The molecule has 436 valence electrons. The Labute approximate surface area is 487 Å². The number of rotatable bonds is 20. The van der Waals surface area contributed by atoms with Crippen LogP contribution in [0.2, 0.25) is 0 Å². The van der Waals surface area contributed by atoms with E-state index in [9.17, 15) is 37.3 Å². The van der Waals surface area contributed by atoms with Crippen LogP contribution in [-0.4, -0.2) is 124 Å². The van der Waals surface area contributed by atoms with Crippen LogP contribution in [0.25, 0.3) is 0 Å². The molecule has 7 N–H and O–H groups in total. The van der Waals surface area contributed by atoms with Crippen LogP contribution in [0.5, 0.6) is 46.0 Å². The van der Waals surface area contributed by atoms with Gasteiger partial charge in [-0.25, -0.2) is 33.3 Å². The van der Waals surface area contributed by atoms with Crippen LogP contribution in [0.4, 0.5) is 67.0 Å². The number of halogens is 2. The summed E-state index contributed by atoms with van der Waals surface area (Å²) in [6.45, 7) is 4.13. The number of hydrogen-bond donors (Lipinski definition) is 6. The molecule has 36 heteroatoms. The molecule has 0 unspecified atom stereocenters. The number of pyridine rings is 2. The first-order chi connectivity index (χ1) is 37.7. The number of benzene rings is 2. The number of nitrogens with one attached hydrogen (secondary N) is 4. The second-order valence-corrected chi connectivity index (χ2v) is 19.7. The van der Waals surface area contributed by atoms with Gasteiger partial charge in [0.1, 0.15) is 25.1 Å². The van der Waals surface area contributed by atoms with Gasteiger partial charge < -0.3 is 93.3 Å². The van der Waals surface area contributed by atoms with E-state index in [2.05, 4.69) is 60.2 Å². The number of carbonyl (C=O) groups is 2. The number of aromatic nitrogens is 6. The Morgan fingerprint density at radius 3 is 1.26 bits per heavy atom. The van der Waals surface area contributed by atoms with Crippen LogP contribution in [0.3, 0.4) is 0 Å². The molecule has 0 atom stereocenters. The maximum atomic E-state index is 14.7. The molecule has 6 aromatic rings. The van der Waals surface area contributed by atoms with Crippen molar-refractivity contribution in [1.82, 2.24) is 29.9 Å². The van der Waals surface area contributed by atoms with Gasteiger partial charge in [-0.2, -0.15) is 9.97 Å². The van der Waals surface area contributed by atoms with Crippen LogP contribution in [0.15, 0.2) is 60.9 Å². The summed E-state index contributed by atoms with van der Waals surface area (Å²) in [5.74, 6) is -1.36. The number of ether oxygens (including phenoxy) is 8. The SMILES string of the molecule is COc1cc(Nc2ncc(F)c(Nc3ccc4c(n3)N(COP(=O)(O)O)C(=O)C(C)(C)O4)n2)cc(OC)c1OC.COc1cc(Nc2ncc(F)c(Nc3ccc4c(n3)N(COP(=O)([O-])[O-])C(=O)C(C)(C)O4)n2)cc(OC)c1OC.[Na+].[OH-]. The van der Waals surface area contributed by atoms with Crippen molar-refractivity contribution in [3.8, 4) is 46.0 Å². The van der Waals surface area contributed by atoms with Gasteiger partial charge in [0.25, 0.3) is 11.8 Å². The van der Waals surface area contributed by atoms with Crippen molar-refractivity contribution in [2.45, 2.75) is 38.9 Å². The molecule has 2 aromatic carbocycles. The molecule has 2 aliphatic rings. The topological polar surface area (TPSA) is 409 Å². The van der Waals surface area contributed by atoms with E-state index in [4.69, 9.17) is 47.7 Å². The molecule has 8 rings (SSSR count). The zero-order chi connectivity index (χ0) is 58.5. The molecule has 2 aliphatic heterocycles. The quantitative estimate of drug-likeness (QED) is 0.0468. The zero-order valence-corrected chi connectivity index (χ0v) is 49.1. The molecule has 0 bridgehead atoms. The van der Waals surface area contributed by atoms with E-state index < -0.39 is 63.8 Å². The third-order valence-electron chi connectivity index (χ3n) is 11.0. The van der Waals surface area contributed by atoms with Crippen molar-refractivity contribution in [3.63, 3.8) is 0 Å². The number of anilines is 10. The van der Waals surface area contributed by atoms with Crippen LogP contribution >= 0.6 is 15.6 Å². The monoisotopic (exact) mass is 1200 g/mol. The summed E-state index contributed by atoms with van der Waals surface area (Å²) in [5, 5.41) is 11.2. The van der Waals surface area contributed by atoms with Gasteiger partial charge in [0, 0.05) is 35.6 Å². The fourth-order valence-electron chi connectivity index (χ4n) is 7.37. The molecular formula is C46H51F2N12NaO19P2-2. The number of phosphoric ester groups is 2. The number of hydrogen-bond acceptors (Lipinski definition) is 27. The third-order valence-corrected chi connectivity index (χ3v) is 11.8. The standard InChI is InChI=1S/2C23H26FN6O9P.Na.H2O/c2*1-23(2)21(31)30(11-38-40(32,33)34)20-14(39-23)6-7-17(28-20)27-19-13(24)10-25-22(29-19)26-12-8-15(35-3)18(37-5)16(9-12)36-4;;/h2*6-10H,11H2,1-5H3,(H2,32,33,34)(H2,25,26,27,28,29);;1H2/q;;+1;/p-3. The Hall–Kier alpha value is -7.52. The van der Waals surface area contributed by atoms with E-state index in [0.29, 0.717) is 45.9 Å². The third kappa shape index (κ3) is 15.5. The summed E-state index contributed by atoms with van der Waals surface area (Å²) in [6.07, 6.45) is 1.85. The number of fused-ring (bicyclic) bond motifs is 2. The van der Waals surface area contributed by atoms with Gasteiger partial charge in [-0.05, 0) is 52.0 Å². The van der Waals surface area contributed by atoms with Crippen LogP contribution in [-0.2, 0) is 27.8 Å². The summed E-state index contributed by atoms with van der Waals surface area (Å²) in [4.78, 5) is 92.5. The van der Waals surface area contributed by atoms with Gasteiger partial charge in [-0.1, -0.05) is 0 Å². The van der Waals surface area contributed by atoms with Crippen molar-refractivity contribution in [2.75, 3.05) is 87.2 Å². The minimum Gasteiger partial charge on any atom is -0.870 e. The summed E-state index contributed by atoms with van der Waals surface area (Å²) < 4.78 is 104. The average molecular weight is 1200 g/mol. The normalized spacial score (nSPS) is 13.9. The predicted octanol–water partition coefficient (Wildman–Crippen LogP) is 1.75. The number of phosphoric acid groups is 2. The molecule has 6 heterocycles. The maximum absolute atomic E-state index is 14.7. The molecule has 0 saturated heterocycles. The van der Waals surface area contributed by atoms with Crippen LogP contribution < -0.4 is 108 Å². The molecular weight excluding hydrogens is 1150 g/mol. The summed E-state index contributed by atoms with van der Waals surface area (Å²) in [5.41, 5.74) is -1.87. The predicted molar refractivity (Wildman–Crippen MR) is 276 cm³/mol.